The van der Waals surface area contributed by atoms with Gasteiger partial charge in [0, 0.05) is 19.3 Å². The third-order valence-electron chi connectivity index (χ3n) is 14.6. The molecule has 0 aromatic heterocycles. The van der Waals surface area contributed by atoms with E-state index in [4.69, 9.17) is 14.2 Å². The van der Waals surface area contributed by atoms with Crippen LogP contribution in [0, 0.1) is 0 Å². The van der Waals surface area contributed by atoms with Gasteiger partial charge in [-0.2, -0.15) is 0 Å². The van der Waals surface area contributed by atoms with Crippen LogP contribution in [0.15, 0.2) is 85.1 Å². The van der Waals surface area contributed by atoms with Crippen LogP contribution in [0.25, 0.3) is 0 Å². The first-order valence-corrected chi connectivity index (χ1v) is 33.6. The number of carbonyl (C=O) groups is 3. The Balaban J connectivity index is 4.16. The first-order chi connectivity index (χ1) is 38.5. The summed E-state index contributed by atoms with van der Waals surface area (Å²) in [6.45, 7) is 6.45. The van der Waals surface area contributed by atoms with Crippen molar-refractivity contribution in [3.8, 4) is 0 Å². The average Bonchev–Trinajstić information content (AvgIpc) is 3.44. The second-order valence-electron chi connectivity index (χ2n) is 22.3. The van der Waals surface area contributed by atoms with Gasteiger partial charge < -0.3 is 14.2 Å². The molecule has 0 N–H and O–H groups in total. The summed E-state index contributed by atoms with van der Waals surface area (Å²) in [5, 5.41) is 0. The van der Waals surface area contributed by atoms with Gasteiger partial charge >= 0.3 is 17.9 Å². The molecule has 0 fully saturated rings. The molecule has 78 heavy (non-hydrogen) atoms. The molecule has 0 aromatic carbocycles. The number of hydrogen-bond acceptors (Lipinski definition) is 6. The third-order valence-corrected chi connectivity index (χ3v) is 14.6. The van der Waals surface area contributed by atoms with Gasteiger partial charge in [0.15, 0.2) is 6.10 Å². The molecule has 6 heteroatoms. The number of allylic oxidation sites excluding steroid dienone is 14. The van der Waals surface area contributed by atoms with E-state index in [0.29, 0.717) is 19.3 Å². The molecule has 0 saturated carbocycles. The Morgan fingerprint density at radius 3 is 0.782 bits per heavy atom. The number of carbonyl (C=O) groups excluding carboxylic acids is 3. The molecule has 0 amide bonds. The van der Waals surface area contributed by atoms with Gasteiger partial charge in [0.05, 0.1) is 0 Å². The summed E-state index contributed by atoms with van der Waals surface area (Å²) < 4.78 is 16.9. The summed E-state index contributed by atoms with van der Waals surface area (Å²) >= 11 is 0. The Labute approximate surface area is 484 Å². The van der Waals surface area contributed by atoms with Crippen LogP contribution < -0.4 is 0 Å². The molecule has 1 atom stereocenters. The Morgan fingerprint density at radius 2 is 0.500 bits per heavy atom. The van der Waals surface area contributed by atoms with Crippen LogP contribution in [-0.4, -0.2) is 37.2 Å². The lowest BCUT2D eigenvalue weighted by molar-refractivity contribution is -0.167. The number of ether oxygens (including phenoxy) is 3. The second-order valence-corrected chi connectivity index (χ2v) is 22.3. The molecular formula is C72H126O6. The van der Waals surface area contributed by atoms with E-state index in [-0.39, 0.29) is 31.1 Å². The van der Waals surface area contributed by atoms with Gasteiger partial charge in [-0.25, -0.2) is 0 Å². The highest BCUT2D eigenvalue weighted by atomic mass is 16.6. The van der Waals surface area contributed by atoms with Crippen molar-refractivity contribution >= 4 is 17.9 Å². The number of unbranched alkanes of at least 4 members (excludes halogenated alkanes) is 36. The topological polar surface area (TPSA) is 78.9 Å². The number of hydrogen-bond donors (Lipinski definition) is 0. The molecule has 6 nitrogen and oxygen atoms in total. The van der Waals surface area contributed by atoms with Crippen molar-refractivity contribution in [3.05, 3.63) is 85.1 Å². The minimum absolute atomic E-state index is 0.0755. The van der Waals surface area contributed by atoms with Crippen LogP contribution in [0.3, 0.4) is 0 Å². The van der Waals surface area contributed by atoms with E-state index in [1.807, 2.05) is 0 Å². The molecule has 1 unspecified atom stereocenters. The highest BCUT2D eigenvalue weighted by Gasteiger charge is 2.19. The van der Waals surface area contributed by atoms with Crippen LogP contribution in [0.2, 0.25) is 0 Å². The van der Waals surface area contributed by atoms with Crippen molar-refractivity contribution < 1.29 is 28.6 Å². The standard InChI is InChI=1S/C72H126O6/c1-4-7-10-13-16-19-22-25-27-29-30-31-32-33-34-35-36-37-38-39-40-41-42-44-45-47-50-53-56-59-62-65-71(74)77-68-69(67-76-70(73)64-61-58-55-52-49-24-21-18-15-12-9-6-3)78-72(75)66-63-60-57-54-51-48-46-43-28-26-23-20-17-14-11-8-5-2/h7-8,10-11,16-17,19-20,25-28,30-31,69H,4-6,9,12-15,18,21-24,29,32-68H2,1-3H3/b10-7-,11-8-,19-16-,20-17-,27-25-,28-26-,31-30-. The van der Waals surface area contributed by atoms with Crippen molar-refractivity contribution in [2.45, 2.75) is 341 Å². The molecule has 0 aliphatic rings. The van der Waals surface area contributed by atoms with Crippen molar-refractivity contribution in [1.29, 1.82) is 0 Å². The number of esters is 3. The Kier molecular flexibility index (Phi) is 63.2. The summed E-state index contributed by atoms with van der Waals surface area (Å²) in [6, 6.07) is 0. The highest BCUT2D eigenvalue weighted by molar-refractivity contribution is 5.71. The van der Waals surface area contributed by atoms with E-state index < -0.39 is 6.10 Å². The van der Waals surface area contributed by atoms with Crippen LogP contribution >= 0.6 is 0 Å². The number of rotatable bonds is 61. The molecule has 450 valence electrons. The zero-order valence-electron chi connectivity index (χ0n) is 51.7. The maximum atomic E-state index is 12.9. The highest BCUT2D eigenvalue weighted by Crippen LogP contribution is 2.17. The van der Waals surface area contributed by atoms with Crippen LogP contribution in [-0.2, 0) is 28.6 Å². The van der Waals surface area contributed by atoms with Crippen molar-refractivity contribution in [1.82, 2.24) is 0 Å². The Bertz CT molecular complexity index is 1480. The summed E-state index contributed by atoms with van der Waals surface area (Å²) in [5.41, 5.74) is 0. The molecule has 0 radical (unpaired) electrons. The van der Waals surface area contributed by atoms with Gasteiger partial charge in [-0.3, -0.25) is 14.4 Å². The van der Waals surface area contributed by atoms with E-state index in [1.54, 1.807) is 0 Å². The van der Waals surface area contributed by atoms with Crippen molar-refractivity contribution in [3.63, 3.8) is 0 Å². The van der Waals surface area contributed by atoms with Crippen molar-refractivity contribution in [2.24, 2.45) is 0 Å². The Morgan fingerprint density at radius 1 is 0.269 bits per heavy atom. The van der Waals surface area contributed by atoms with E-state index in [0.717, 1.165) is 109 Å². The predicted molar refractivity (Wildman–Crippen MR) is 339 cm³/mol. The second kappa shape index (κ2) is 66.1. The summed E-state index contributed by atoms with van der Waals surface area (Å²) in [5.74, 6) is -0.868. The minimum atomic E-state index is -0.779. The maximum Gasteiger partial charge on any atom is 0.306 e. The minimum Gasteiger partial charge on any atom is -0.462 e. The summed E-state index contributed by atoms with van der Waals surface area (Å²) in [7, 11) is 0. The first kappa shape index (κ1) is 74.6. The lowest BCUT2D eigenvalue weighted by atomic mass is 10.0. The summed E-state index contributed by atoms with van der Waals surface area (Å²) in [6.07, 6.45) is 87.5. The largest absolute Gasteiger partial charge is 0.462 e. The summed E-state index contributed by atoms with van der Waals surface area (Å²) in [4.78, 5) is 38.3. The first-order valence-electron chi connectivity index (χ1n) is 33.6. The van der Waals surface area contributed by atoms with Gasteiger partial charge in [0.2, 0.25) is 0 Å². The van der Waals surface area contributed by atoms with Gasteiger partial charge in [-0.05, 0) is 89.9 Å². The SMILES string of the molecule is CC/C=C\C/C=C\C/C=C\C/C=C\CCCCCCCCCCCCCCCCCCCCC(=O)OCC(COC(=O)CCCCCCCCCCCCCC)OC(=O)CCCCCCCCC/C=C\C/C=C\C/C=C\CC. The molecule has 0 bridgehead atoms. The van der Waals surface area contributed by atoms with Crippen LogP contribution in [0.4, 0.5) is 0 Å². The van der Waals surface area contributed by atoms with Gasteiger partial charge in [0.1, 0.15) is 13.2 Å². The van der Waals surface area contributed by atoms with Gasteiger partial charge in [-0.15, -0.1) is 0 Å². The van der Waals surface area contributed by atoms with Crippen LogP contribution in [0.5, 0.6) is 0 Å². The molecular weight excluding hydrogens is 961 g/mol. The van der Waals surface area contributed by atoms with E-state index in [1.165, 1.54) is 186 Å². The van der Waals surface area contributed by atoms with Crippen molar-refractivity contribution in [2.75, 3.05) is 13.2 Å². The maximum absolute atomic E-state index is 12.9. The normalized spacial score (nSPS) is 12.6. The molecule has 0 spiro atoms. The van der Waals surface area contributed by atoms with E-state index >= 15 is 0 Å². The van der Waals surface area contributed by atoms with Crippen LogP contribution in [0.1, 0.15) is 335 Å². The molecule has 0 aliphatic carbocycles. The van der Waals surface area contributed by atoms with E-state index in [2.05, 4.69) is 106 Å². The zero-order chi connectivity index (χ0) is 56.4. The molecule has 0 saturated heterocycles. The fraction of sp³-hybridized carbons (Fsp3) is 0.764. The lowest BCUT2D eigenvalue weighted by Gasteiger charge is -2.18. The fourth-order valence-corrected chi connectivity index (χ4v) is 9.69. The quantitative estimate of drug-likeness (QED) is 0.0261. The smallest absolute Gasteiger partial charge is 0.306 e. The fourth-order valence-electron chi connectivity index (χ4n) is 9.69. The average molecular weight is 1090 g/mol. The monoisotopic (exact) mass is 1090 g/mol. The molecule has 0 heterocycles. The van der Waals surface area contributed by atoms with E-state index in [9.17, 15) is 14.4 Å². The van der Waals surface area contributed by atoms with Gasteiger partial charge in [0.25, 0.3) is 0 Å². The van der Waals surface area contributed by atoms with Gasteiger partial charge in [-0.1, -0.05) is 311 Å². The third kappa shape index (κ3) is 63.4. The predicted octanol–water partition coefficient (Wildman–Crippen LogP) is 23.1. The molecule has 0 rings (SSSR count). The lowest BCUT2D eigenvalue weighted by Crippen LogP contribution is -2.30. The Hall–Kier alpha value is -3.41. The molecule has 0 aliphatic heterocycles. The zero-order valence-corrected chi connectivity index (χ0v) is 51.7. The molecule has 0 aromatic rings.